The lowest BCUT2D eigenvalue weighted by Crippen LogP contribution is -2.50. The lowest BCUT2D eigenvalue weighted by Gasteiger charge is -2.39. The Hall–Kier alpha value is -0.910. The fourth-order valence-electron chi connectivity index (χ4n) is 3.59. The maximum absolute atomic E-state index is 12.6. The smallest absolute Gasteiger partial charge is 0.254 e. The van der Waals surface area contributed by atoms with Crippen molar-refractivity contribution >= 4 is 17.2 Å². The summed E-state index contributed by atoms with van der Waals surface area (Å²) in [6, 6.07) is 1.91. The SMILES string of the molecule is O=C(c1ccsc1)N1CCC[C@]2(C[C@@H](OCC3CC3)CO2)C1. The molecule has 1 aromatic heterocycles. The van der Waals surface area contributed by atoms with E-state index >= 15 is 0 Å². The van der Waals surface area contributed by atoms with Gasteiger partial charge < -0.3 is 14.4 Å². The highest BCUT2D eigenvalue weighted by atomic mass is 32.1. The zero-order chi connectivity index (χ0) is 15.0. The van der Waals surface area contributed by atoms with Gasteiger partial charge in [-0.15, -0.1) is 0 Å². The van der Waals surface area contributed by atoms with Gasteiger partial charge in [-0.25, -0.2) is 0 Å². The molecule has 5 heteroatoms. The first-order valence-corrected chi connectivity index (χ1v) is 9.25. The van der Waals surface area contributed by atoms with E-state index in [0.29, 0.717) is 13.2 Å². The maximum atomic E-state index is 12.6. The van der Waals surface area contributed by atoms with Gasteiger partial charge in [0.2, 0.25) is 0 Å². The number of amides is 1. The Balaban J connectivity index is 1.37. The van der Waals surface area contributed by atoms with Gasteiger partial charge in [0.15, 0.2) is 0 Å². The number of likely N-dealkylation sites (tertiary alicyclic amines) is 1. The summed E-state index contributed by atoms with van der Waals surface area (Å²) in [5, 5.41) is 3.89. The Morgan fingerprint density at radius 3 is 3.18 bits per heavy atom. The molecule has 1 aliphatic carbocycles. The Labute approximate surface area is 135 Å². The molecule has 2 atom stereocenters. The van der Waals surface area contributed by atoms with Crippen molar-refractivity contribution in [1.29, 1.82) is 0 Å². The maximum Gasteiger partial charge on any atom is 0.254 e. The second kappa shape index (κ2) is 5.95. The van der Waals surface area contributed by atoms with Crippen molar-refractivity contribution in [2.45, 2.75) is 43.8 Å². The normalized spacial score (nSPS) is 31.8. The summed E-state index contributed by atoms with van der Waals surface area (Å²) in [6.07, 6.45) is 5.86. The van der Waals surface area contributed by atoms with E-state index < -0.39 is 0 Å². The third-order valence-corrected chi connectivity index (χ3v) is 5.72. The molecule has 4 nitrogen and oxygen atoms in total. The highest BCUT2D eigenvalue weighted by Gasteiger charge is 2.45. The molecule has 1 spiro atoms. The minimum Gasteiger partial charge on any atom is -0.375 e. The second-order valence-electron chi connectivity index (χ2n) is 6.94. The standard InChI is InChI=1S/C17H23NO3S/c19-16(14-4-7-22-11-14)18-6-1-5-17(12-18)8-15(10-21-17)20-9-13-2-3-13/h4,7,11,13,15H,1-3,5-6,8-10,12H2/t15-,17+/m1/s1. The van der Waals surface area contributed by atoms with Gasteiger partial charge in [-0.05, 0) is 43.0 Å². The van der Waals surface area contributed by atoms with Crippen LogP contribution < -0.4 is 0 Å². The van der Waals surface area contributed by atoms with Crippen molar-refractivity contribution in [2.75, 3.05) is 26.3 Å². The molecule has 22 heavy (non-hydrogen) atoms. The number of carbonyl (C=O) groups is 1. The first-order chi connectivity index (χ1) is 10.7. The Bertz CT molecular complexity index is 528. The van der Waals surface area contributed by atoms with Crippen LogP contribution in [0.15, 0.2) is 16.8 Å². The van der Waals surface area contributed by atoms with Crippen LogP contribution in [0.3, 0.4) is 0 Å². The molecule has 3 aliphatic rings. The molecule has 2 aliphatic heterocycles. The fraction of sp³-hybridized carbons (Fsp3) is 0.706. The number of hydrogen-bond acceptors (Lipinski definition) is 4. The van der Waals surface area contributed by atoms with E-state index in [9.17, 15) is 4.79 Å². The molecule has 3 heterocycles. The monoisotopic (exact) mass is 321 g/mol. The summed E-state index contributed by atoms with van der Waals surface area (Å²) in [6.45, 7) is 3.13. The van der Waals surface area contributed by atoms with Gasteiger partial charge in [0.05, 0.1) is 30.4 Å². The van der Waals surface area contributed by atoms with Crippen molar-refractivity contribution in [3.05, 3.63) is 22.4 Å². The van der Waals surface area contributed by atoms with Gasteiger partial charge in [0, 0.05) is 25.0 Å². The average Bonchev–Trinajstić information content (AvgIpc) is 3.05. The number of rotatable bonds is 4. The van der Waals surface area contributed by atoms with Crippen LogP contribution in [-0.2, 0) is 9.47 Å². The number of hydrogen-bond donors (Lipinski definition) is 0. The van der Waals surface area contributed by atoms with Crippen LogP contribution in [-0.4, -0.2) is 48.8 Å². The lowest BCUT2D eigenvalue weighted by molar-refractivity contribution is -0.0464. The van der Waals surface area contributed by atoms with Gasteiger partial charge >= 0.3 is 0 Å². The van der Waals surface area contributed by atoms with Crippen LogP contribution in [0.5, 0.6) is 0 Å². The highest BCUT2D eigenvalue weighted by molar-refractivity contribution is 7.08. The molecular formula is C17H23NO3S. The molecule has 0 bridgehead atoms. The summed E-state index contributed by atoms with van der Waals surface area (Å²) in [7, 11) is 0. The van der Waals surface area contributed by atoms with Crippen LogP contribution in [0, 0.1) is 5.92 Å². The molecule has 1 amide bonds. The van der Waals surface area contributed by atoms with Crippen LogP contribution in [0.25, 0.3) is 0 Å². The summed E-state index contributed by atoms with van der Waals surface area (Å²) < 4.78 is 12.1. The highest BCUT2D eigenvalue weighted by Crippen LogP contribution is 2.37. The van der Waals surface area contributed by atoms with Gasteiger partial charge in [-0.2, -0.15) is 11.3 Å². The van der Waals surface area contributed by atoms with E-state index in [-0.39, 0.29) is 17.6 Å². The van der Waals surface area contributed by atoms with E-state index in [4.69, 9.17) is 9.47 Å². The third kappa shape index (κ3) is 3.07. The number of thiophene rings is 1. The topological polar surface area (TPSA) is 38.8 Å². The predicted octanol–water partition coefficient (Wildman–Crippen LogP) is 2.94. The number of piperidine rings is 1. The van der Waals surface area contributed by atoms with Crippen molar-refractivity contribution in [3.8, 4) is 0 Å². The van der Waals surface area contributed by atoms with Crippen LogP contribution in [0.4, 0.5) is 0 Å². The Kier molecular flexibility index (Phi) is 3.96. The minimum absolute atomic E-state index is 0.145. The zero-order valence-electron chi connectivity index (χ0n) is 12.8. The lowest BCUT2D eigenvalue weighted by atomic mass is 9.89. The molecule has 120 valence electrons. The van der Waals surface area contributed by atoms with E-state index in [1.54, 1.807) is 11.3 Å². The average molecular weight is 321 g/mol. The van der Waals surface area contributed by atoms with Gasteiger partial charge in [0.25, 0.3) is 5.91 Å². The Morgan fingerprint density at radius 1 is 1.50 bits per heavy atom. The first-order valence-electron chi connectivity index (χ1n) is 8.31. The van der Waals surface area contributed by atoms with Crippen molar-refractivity contribution in [2.24, 2.45) is 5.92 Å². The molecule has 1 aromatic rings. The van der Waals surface area contributed by atoms with Gasteiger partial charge in [-0.1, -0.05) is 0 Å². The molecule has 0 unspecified atom stereocenters. The van der Waals surface area contributed by atoms with Crippen LogP contribution >= 0.6 is 11.3 Å². The first kappa shape index (κ1) is 14.7. The van der Waals surface area contributed by atoms with E-state index in [1.165, 1.54) is 12.8 Å². The molecule has 0 radical (unpaired) electrons. The fourth-order valence-corrected chi connectivity index (χ4v) is 4.22. The molecule has 2 saturated heterocycles. The van der Waals surface area contributed by atoms with E-state index in [2.05, 4.69) is 0 Å². The van der Waals surface area contributed by atoms with Crippen molar-refractivity contribution in [3.63, 3.8) is 0 Å². The number of nitrogens with zero attached hydrogens (tertiary/aromatic N) is 1. The summed E-state index contributed by atoms with van der Waals surface area (Å²) >= 11 is 1.57. The summed E-state index contributed by atoms with van der Waals surface area (Å²) in [5.41, 5.74) is 0.639. The van der Waals surface area contributed by atoms with Gasteiger partial charge in [-0.3, -0.25) is 4.79 Å². The molecule has 0 N–H and O–H groups in total. The van der Waals surface area contributed by atoms with Gasteiger partial charge in [0.1, 0.15) is 0 Å². The quantitative estimate of drug-likeness (QED) is 0.856. The molecule has 1 saturated carbocycles. The predicted molar refractivity (Wildman–Crippen MR) is 85.2 cm³/mol. The third-order valence-electron chi connectivity index (χ3n) is 5.03. The summed E-state index contributed by atoms with van der Waals surface area (Å²) in [5.74, 6) is 0.936. The second-order valence-corrected chi connectivity index (χ2v) is 7.72. The van der Waals surface area contributed by atoms with E-state index in [0.717, 1.165) is 43.9 Å². The zero-order valence-corrected chi connectivity index (χ0v) is 13.6. The van der Waals surface area contributed by atoms with E-state index in [1.807, 2.05) is 21.7 Å². The van der Waals surface area contributed by atoms with Crippen LogP contribution in [0.1, 0.15) is 42.5 Å². The largest absolute Gasteiger partial charge is 0.375 e. The number of ether oxygens (including phenoxy) is 2. The number of carbonyl (C=O) groups excluding carboxylic acids is 1. The molecule has 0 aromatic carbocycles. The Morgan fingerprint density at radius 2 is 2.41 bits per heavy atom. The molecule has 4 rings (SSSR count). The minimum atomic E-state index is -0.169. The van der Waals surface area contributed by atoms with Crippen molar-refractivity contribution in [1.82, 2.24) is 4.90 Å². The molecule has 3 fully saturated rings. The van der Waals surface area contributed by atoms with Crippen LogP contribution in [0.2, 0.25) is 0 Å². The van der Waals surface area contributed by atoms with Crippen molar-refractivity contribution < 1.29 is 14.3 Å². The molecular weight excluding hydrogens is 298 g/mol. The summed E-state index contributed by atoms with van der Waals surface area (Å²) in [4.78, 5) is 14.5.